The zero-order valence-corrected chi connectivity index (χ0v) is 7.39. The van der Waals surface area contributed by atoms with Gasteiger partial charge in [-0.25, -0.2) is 14.8 Å². The fourth-order valence-electron chi connectivity index (χ4n) is 1.25. The highest BCUT2D eigenvalue weighted by Crippen LogP contribution is 2.11. The fourth-order valence-corrected chi connectivity index (χ4v) is 1.25. The van der Waals surface area contributed by atoms with Crippen LogP contribution in [0.2, 0.25) is 0 Å². The van der Waals surface area contributed by atoms with Crippen molar-refractivity contribution in [3.63, 3.8) is 0 Å². The summed E-state index contributed by atoms with van der Waals surface area (Å²) < 4.78 is 6.44. The predicted molar refractivity (Wildman–Crippen MR) is 46.4 cm³/mol. The van der Waals surface area contributed by atoms with E-state index in [1.54, 1.807) is 0 Å². The highest BCUT2D eigenvalue weighted by Gasteiger charge is 2.11. The molecule has 0 aliphatic carbocycles. The predicted octanol–water partition coefficient (Wildman–Crippen LogP) is 0.965. The molecule has 0 atom stereocenters. The quantitative estimate of drug-likeness (QED) is 0.654. The number of hydrogen-bond donors (Lipinski definition) is 0. The molecule has 0 unspecified atom stereocenters. The first-order chi connectivity index (χ1) is 6.20. The van der Waals surface area contributed by atoms with Gasteiger partial charge in [-0.2, -0.15) is 0 Å². The summed E-state index contributed by atoms with van der Waals surface area (Å²) in [6, 6.07) is 0.0450. The van der Waals surface area contributed by atoms with Crippen LogP contribution in [0.5, 0.6) is 0 Å². The molecular weight excluding hydrogens is 170 g/mol. The van der Waals surface area contributed by atoms with Gasteiger partial charge in [0.05, 0.1) is 6.20 Å². The van der Waals surface area contributed by atoms with E-state index in [0.29, 0.717) is 11.2 Å². The lowest BCUT2D eigenvalue weighted by Gasteiger charge is -2.02. The molecule has 5 heteroatoms. The summed E-state index contributed by atoms with van der Waals surface area (Å²) in [6.45, 7) is 3.80. The van der Waals surface area contributed by atoms with E-state index in [0.717, 1.165) is 0 Å². The van der Waals surface area contributed by atoms with E-state index in [9.17, 15) is 4.79 Å². The van der Waals surface area contributed by atoms with Gasteiger partial charge in [-0.3, -0.25) is 4.57 Å². The smallest absolute Gasteiger partial charge is 0.404 e. The summed E-state index contributed by atoms with van der Waals surface area (Å²) >= 11 is 0. The largest absolute Gasteiger partial charge is 0.421 e. The van der Waals surface area contributed by atoms with Gasteiger partial charge in [0, 0.05) is 6.04 Å². The second-order valence-corrected chi connectivity index (χ2v) is 3.04. The Kier molecular flexibility index (Phi) is 1.65. The summed E-state index contributed by atoms with van der Waals surface area (Å²) in [5.74, 6) is -0.384. The lowest BCUT2D eigenvalue weighted by Crippen LogP contribution is -2.16. The second kappa shape index (κ2) is 2.69. The van der Waals surface area contributed by atoms with Gasteiger partial charge in [-0.15, -0.1) is 0 Å². The molecule has 2 rings (SSSR count). The molecule has 0 fully saturated rings. The Morgan fingerprint density at radius 3 is 3.00 bits per heavy atom. The van der Waals surface area contributed by atoms with Crippen LogP contribution in [0.4, 0.5) is 0 Å². The molecule has 13 heavy (non-hydrogen) atoms. The topological polar surface area (TPSA) is 60.9 Å². The van der Waals surface area contributed by atoms with E-state index in [1.807, 2.05) is 13.8 Å². The number of oxazole rings is 1. The molecule has 0 bridgehead atoms. The van der Waals surface area contributed by atoms with Gasteiger partial charge in [-0.1, -0.05) is 0 Å². The maximum Gasteiger partial charge on any atom is 0.421 e. The number of aromatic nitrogens is 3. The van der Waals surface area contributed by atoms with E-state index < -0.39 is 0 Å². The molecule has 2 heterocycles. The SMILES string of the molecule is CC(C)n1c(=O)oc2cncnc21. The number of rotatable bonds is 1. The Labute approximate surface area is 74.0 Å². The zero-order chi connectivity index (χ0) is 9.42. The normalized spacial score (nSPS) is 11.3. The van der Waals surface area contributed by atoms with Crippen molar-refractivity contribution < 1.29 is 4.42 Å². The summed E-state index contributed by atoms with van der Waals surface area (Å²) in [6.07, 6.45) is 2.89. The molecule has 0 saturated heterocycles. The monoisotopic (exact) mass is 179 g/mol. The molecule has 2 aromatic rings. The van der Waals surface area contributed by atoms with Crippen LogP contribution in [0, 0.1) is 0 Å². The van der Waals surface area contributed by atoms with Crippen LogP contribution in [0.3, 0.4) is 0 Å². The number of nitrogens with zero attached hydrogens (tertiary/aromatic N) is 3. The van der Waals surface area contributed by atoms with Crippen molar-refractivity contribution in [1.29, 1.82) is 0 Å². The molecule has 0 amide bonds. The fraction of sp³-hybridized carbons (Fsp3) is 0.375. The van der Waals surface area contributed by atoms with Crippen molar-refractivity contribution >= 4 is 11.2 Å². The highest BCUT2D eigenvalue weighted by atomic mass is 16.4. The van der Waals surface area contributed by atoms with E-state index in [1.165, 1.54) is 17.1 Å². The Hall–Kier alpha value is -1.65. The average molecular weight is 179 g/mol. The van der Waals surface area contributed by atoms with Crippen molar-refractivity contribution in [3.05, 3.63) is 23.1 Å². The first-order valence-corrected chi connectivity index (χ1v) is 4.01. The maximum atomic E-state index is 11.3. The third-order valence-electron chi connectivity index (χ3n) is 1.80. The average Bonchev–Trinajstić information content (AvgIpc) is 2.39. The van der Waals surface area contributed by atoms with Crippen LogP contribution < -0.4 is 5.76 Å². The van der Waals surface area contributed by atoms with Gasteiger partial charge < -0.3 is 4.42 Å². The minimum absolute atomic E-state index is 0.0450. The minimum atomic E-state index is -0.384. The molecule has 0 N–H and O–H groups in total. The molecular formula is C8H9N3O2. The molecule has 0 aromatic carbocycles. The van der Waals surface area contributed by atoms with Crippen LogP contribution in [-0.2, 0) is 0 Å². The first-order valence-electron chi connectivity index (χ1n) is 4.01. The van der Waals surface area contributed by atoms with E-state index >= 15 is 0 Å². The van der Waals surface area contributed by atoms with E-state index in [2.05, 4.69) is 9.97 Å². The molecule has 0 saturated carbocycles. The minimum Gasteiger partial charge on any atom is -0.404 e. The van der Waals surface area contributed by atoms with Crippen molar-refractivity contribution in [2.75, 3.05) is 0 Å². The van der Waals surface area contributed by atoms with Crippen LogP contribution in [0.1, 0.15) is 19.9 Å². The molecule has 68 valence electrons. The summed E-state index contributed by atoms with van der Waals surface area (Å²) in [5, 5.41) is 0. The zero-order valence-electron chi connectivity index (χ0n) is 7.39. The Morgan fingerprint density at radius 1 is 1.54 bits per heavy atom. The summed E-state index contributed by atoms with van der Waals surface area (Å²) in [7, 11) is 0. The second-order valence-electron chi connectivity index (χ2n) is 3.04. The van der Waals surface area contributed by atoms with Crippen molar-refractivity contribution in [3.8, 4) is 0 Å². The maximum absolute atomic E-state index is 11.3. The van der Waals surface area contributed by atoms with Crippen molar-refractivity contribution in [1.82, 2.24) is 14.5 Å². The van der Waals surface area contributed by atoms with Crippen LogP contribution >= 0.6 is 0 Å². The van der Waals surface area contributed by atoms with Gasteiger partial charge in [0.1, 0.15) is 6.33 Å². The van der Waals surface area contributed by atoms with Gasteiger partial charge in [0.2, 0.25) is 0 Å². The molecule has 0 aliphatic heterocycles. The van der Waals surface area contributed by atoms with Gasteiger partial charge in [-0.05, 0) is 13.8 Å². The Balaban J connectivity index is 2.87. The molecule has 0 radical (unpaired) electrons. The van der Waals surface area contributed by atoms with Crippen LogP contribution in [-0.4, -0.2) is 14.5 Å². The van der Waals surface area contributed by atoms with Crippen LogP contribution in [0.25, 0.3) is 11.2 Å². The molecule has 0 aliphatic rings. The van der Waals surface area contributed by atoms with Gasteiger partial charge in [0.25, 0.3) is 0 Å². The Morgan fingerprint density at radius 2 is 2.31 bits per heavy atom. The third kappa shape index (κ3) is 1.12. The third-order valence-corrected chi connectivity index (χ3v) is 1.80. The first kappa shape index (κ1) is 7.97. The van der Waals surface area contributed by atoms with Crippen molar-refractivity contribution in [2.24, 2.45) is 0 Å². The number of fused-ring (bicyclic) bond motifs is 1. The molecule has 0 spiro atoms. The molecule has 2 aromatic heterocycles. The summed E-state index contributed by atoms with van der Waals surface area (Å²) in [5.41, 5.74) is 0.983. The summed E-state index contributed by atoms with van der Waals surface area (Å²) in [4.78, 5) is 19.1. The van der Waals surface area contributed by atoms with E-state index in [-0.39, 0.29) is 11.8 Å². The lowest BCUT2D eigenvalue weighted by atomic mass is 10.4. The van der Waals surface area contributed by atoms with Crippen molar-refractivity contribution in [2.45, 2.75) is 19.9 Å². The van der Waals surface area contributed by atoms with Gasteiger partial charge >= 0.3 is 5.76 Å². The lowest BCUT2D eigenvalue weighted by molar-refractivity contribution is 0.477. The van der Waals surface area contributed by atoms with E-state index in [4.69, 9.17) is 4.42 Å². The standard InChI is InChI=1S/C8H9N3O2/c1-5(2)11-7-6(13-8(11)12)3-9-4-10-7/h3-5H,1-2H3. The van der Waals surface area contributed by atoms with Gasteiger partial charge in [0.15, 0.2) is 11.2 Å². The molecule has 5 nitrogen and oxygen atoms in total. The number of hydrogen-bond acceptors (Lipinski definition) is 4. The van der Waals surface area contributed by atoms with Crippen LogP contribution in [0.15, 0.2) is 21.7 Å². The Bertz CT molecular complexity index is 483. The highest BCUT2D eigenvalue weighted by molar-refractivity contribution is 5.66.